The SMILES string of the molecule is Cc1ccccc1COC(=O)c1ccc(N(C)C)c([N+](=O)[O-])c1. The summed E-state index contributed by atoms with van der Waals surface area (Å²) >= 11 is 0. The summed E-state index contributed by atoms with van der Waals surface area (Å²) in [4.78, 5) is 24.4. The minimum atomic E-state index is -0.582. The molecule has 0 aliphatic carbocycles. The highest BCUT2D eigenvalue weighted by Crippen LogP contribution is 2.28. The van der Waals surface area contributed by atoms with Crippen LogP contribution in [0.15, 0.2) is 42.5 Å². The highest BCUT2D eigenvalue weighted by molar-refractivity contribution is 5.91. The number of nitrogens with zero attached hydrogens (tertiary/aromatic N) is 2. The van der Waals surface area contributed by atoms with Gasteiger partial charge in [0, 0.05) is 20.2 Å². The van der Waals surface area contributed by atoms with Crippen molar-refractivity contribution in [1.82, 2.24) is 0 Å². The molecule has 0 aromatic heterocycles. The van der Waals surface area contributed by atoms with E-state index in [1.165, 1.54) is 12.1 Å². The summed E-state index contributed by atoms with van der Waals surface area (Å²) in [5, 5.41) is 11.2. The van der Waals surface area contributed by atoms with Crippen LogP contribution in [0.5, 0.6) is 0 Å². The second-order valence-corrected chi connectivity index (χ2v) is 5.36. The Kier molecular flexibility index (Phi) is 4.95. The predicted molar refractivity (Wildman–Crippen MR) is 87.7 cm³/mol. The number of hydrogen-bond acceptors (Lipinski definition) is 5. The zero-order chi connectivity index (χ0) is 17.0. The second-order valence-electron chi connectivity index (χ2n) is 5.36. The molecule has 0 amide bonds. The topological polar surface area (TPSA) is 72.7 Å². The van der Waals surface area contributed by atoms with Crippen LogP contribution in [0.25, 0.3) is 0 Å². The first-order chi connectivity index (χ1) is 10.9. The highest BCUT2D eigenvalue weighted by atomic mass is 16.6. The second kappa shape index (κ2) is 6.91. The third-order valence-electron chi connectivity index (χ3n) is 3.51. The summed E-state index contributed by atoms with van der Waals surface area (Å²) in [6.07, 6.45) is 0. The van der Waals surface area contributed by atoms with Gasteiger partial charge in [0.1, 0.15) is 12.3 Å². The zero-order valence-electron chi connectivity index (χ0n) is 13.3. The van der Waals surface area contributed by atoms with Gasteiger partial charge in [-0.1, -0.05) is 24.3 Å². The van der Waals surface area contributed by atoms with Crippen LogP contribution in [0.3, 0.4) is 0 Å². The normalized spacial score (nSPS) is 10.2. The molecule has 2 aromatic rings. The molecular weight excluding hydrogens is 296 g/mol. The van der Waals surface area contributed by atoms with Gasteiger partial charge in [0.25, 0.3) is 5.69 Å². The number of carbonyl (C=O) groups excluding carboxylic acids is 1. The zero-order valence-corrected chi connectivity index (χ0v) is 13.3. The van der Waals surface area contributed by atoms with Gasteiger partial charge in [-0.15, -0.1) is 0 Å². The number of ether oxygens (including phenoxy) is 1. The van der Waals surface area contributed by atoms with E-state index in [-0.39, 0.29) is 17.9 Å². The van der Waals surface area contributed by atoms with Crippen LogP contribution in [0.2, 0.25) is 0 Å². The van der Waals surface area contributed by atoms with Crippen molar-refractivity contribution in [1.29, 1.82) is 0 Å². The van der Waals surface area contributed by atoms with E-state index in [4.69, 9.17) is 4.74 Å². The van der Waals surface area contributed by atoms with Crippen LogP contribution in [0, 0.1) is 17.0 Å². The quantitative estimate of drug-likeness (QED) is 0.481. The Labute approximate surface area is 134 Å². The molecule has 0 saturated carbocycles. The van der Waals surface area contributed by atoms with Crippen molar-refractivity contribution in [3.63, 3.8) is 0 Å². The number of anilines is 1. The first-order valence-electron chi connectivity index (χ1n) is 7.07. The summed E-state index contributed by atoms with van der Waals surface area (Å²) in [5.41, 5.74) is 2.40. The Hall–Kier alpha value is -2.89. The van der Waals surface area contributed by atoms with E-state index in [1.807, 2.05) is 31.2 Å². The van der Waals surface area contributed by atoms with E-state index in [9.17, 15) is 14.9 Å². The molecule has 0 aliphatic rings. The lowest BCUT2D eigenvalue weighted by Gasteiger charge is -2.13. The van der Waals surface area contributed by atoms with E-state index >= 15 is 0 Å². The van der Waals surface area contributed by atoms with Crippen LogP contribution >= 0.6 is 0 Å². The Bertz CT molecular complexity index is 741. The maximum atomic E-state index is 12.1. The summed E-state index contributed by atoms with van der Waals surface area (Å²) in [7, 11) is 3.41. The molecule has 0 heterocycles. The van der Waals surface area contributed by atoms with E-state index in [0.717, 1.165) is 11.1 Å². The third kappa shape index (κ3) is 3.85. The largest absolute Gasteiger partial charge is 0.457 e. The average Bonchev–Trinajstić information content (AvgIpc) is 2.53. The van der Waals surface area contributed by atoms with Gasteiger partial charge in [-0.2, -0.15) is 0 Å². The van der Waals surface area contributed by atoms with Crippen LogP contribution in [-0.4, -0.2) is 25.0 Å². The fourth-order valence-electron chi connectivity index (χ4n) is 2.17. The maximum absolute atomic E-state index is 12.1. The molecule has 0 unspecified atom stereocenters. The molecule has 23 heavy (non-hydrogen) atoms. The molecule has 0 bridgehead atoms. The van der Waals surface area contributed by atoms with Crippen LogP contribution < -0.4 is 4.90 Å². The third-order valence-corrected chi connectivity index (χ3v) is 3.51. The summed E-state index contributed by atoms with van der Waals surface area (Å²) in [5.74, 6) is -0.582. The molecule has 0 aliphatic heterocycles. The highest BCUT2D eigenvalue weighted by Gasteiger charge is 2.19. The first-order valence-corrected chi connectivity index (χ1v) is 7.07. The number of hydrogen-bond donors (Lipinski definition) is 0. The first kappa shape index (κ1) is 16.5. The Morgan fingerprint density at radius 3 is 2.52 bits per heavy atom. The van der Waals surface area contributed by atoms with Crippen molar-refractivity contribution in [3.05, 3.63) is 69.3 Å². The van der Waals surface area contributed by atoms with Gasteiger partial charge < -0.3 is 9.64 Å². The summed E-state index contributed by atoms with van der Waals surface area (Å²) in [6.45, 7) is 2.06. The van der Waals surface area contributed by atoms with Crippen LogP contribution in [0.4, 0.5) is 11.4 Å². The van der Waals surface area contributed by atoms with Crippen molar-refractivity contribution in [2.24, 2.45) is 0 Å². The molecule has 2 rings (SSSR count). The lowest BCUT2D eigenvalue weighted by atomic mass is 10.1. The van der Waals surface area contributed by atoms with E-state index in [0.29, 0.717) is 5.69 Å². The molecule has 0 spiro atoms. The fourth-order valence-corrected chi connectivity index (χ4v) is 2.17. The predicted octanol–water partition coefficient (Wildman–Crippen LogP) is 3.33. The van der Waals surface area contributed by atoms with Gasteiger partial charge in [0.15, 0.2) is 0 Å². The molecule has 6 nitrogen and oxygen atoms in total. The van der Waals surface area contributed by atoms with E-state index < -0.39 is 10.9 Å². The monoisotopic (exact) mass is 314 g/mol. The smallest absolute Gasteiger partial charge is 0.338 e. The van der Waals surface area contributed by atoms with Gasteiger partial charge in [0.2, 0.25) is 0 Å². The van der Waals surface area contributed by atoms with Crippen molar-refractivity contribution >= 4 is 17.3 Å². The van der Waals surface area contributed by atoms with E-state index in [1.54, 1.807) is 25.1 Å². The molecule has 2 aromatic carbocycles. The standard InChI is InChI=1S/C17H18N2O4/c1-12-6-4-5-7-14(12)11-23-17(20)13-8-9-15(18(2)3)16(10-13)19(21)22/h4-10H,11H2,1-3H3. The lowest BCUT2D eigenvalue weighted by molar-refractivity contribution is -0.384. The van der Waals surface area contributed by atoms with Gasteiger partial charge >= 0.3 is 5.97 Å². The molecule has 0 fully saturated rings. The summed E-state index contributed by atoms with van der Waals surface area (Å²) < 4.78 is 5.25. The number of benzene rings is 2. The van der Waals surface area contributed by atoms with E-state index in [2.05, 4.69) is 0 Å². The van der Waals surface area contributed by atoms with Gasteiger partial charge in [-0.25, -0.2) is 4.79 Å². The molecule has 120 valence electrons. The van der Waals surface area contributed by atoms with Crippen molar-refractivity contribution in [3.8, 4) is 0 Å². The number of aryl methyl sites for hydroxylation is 1. The maximum Gasteiger partial charge on any atom is 0.338 e. The molecule has 6 heteroatoms. The minimum absolute atomic E-state index is 0.125. The van der Waals surface area contributed by atoms with Gasteiger partial charge in [0.05, 0.1) is 10.5 Å². The van der Waals surface area contributed by atoms with Gasteiger partial charge in [-0.05, 0) is 30.2 Å². The molecule has 0 saturated heterocycles. The molecule has 0 atom stereocenters. The Balaban J connectivity index is 2.18. The van der Waals surface area contributed by atoms with Crippen molar-refractivity contribution in [2.45, 2.75) is 13.5 Å². The van der Waals surface area contributed by atoms with Gasteiger partial charge in [-0.3, -0.25) is 10.1 Å². The number of rotatable bonds is 5. The van der Waals surface area contributed by atoms with Crippen LogP contribution in [0.1, 0.15) is 21.5 Å². The number of esters is 1. The number of carbonyl (C=O) groups is 1. The molecule has 0 radical (unpaired) electrons. The van der Waals surface area contributed by atoms with Crippen molar-refractivity contribution in [2.75, 3.05) is 19.0 Å². The Morgan fingerprint density at radius 2 is 1.91 bits per heavy atom. The Morgan fingerprint density at radius 1 is 1.22 bits per heavy atom. The number of nitro benzene ring substituents is 1. The molecule has 0 N–H and O–H groups in total. The fraction of sp³-hybridized carbons (Fsp3) is 0.235. The van der Waals surface area contributed by atoms with Crippen molar-refractivity contribution < 1.29 is 14.5 Å². The lowest BCUT2D eigenvalue weighted by Crippen LogP contribution is -2.12. The minimum Gasteiger partial charge on any atom is -0.457 e. The molecular formula is C17H18N2O4. The number of nitro groups is 1. The average molecular weight is 314 g/mol. The van der Waals surface area contributed by atoms with Crippen LogP contribution in [-0.2, 0) is 11.3 Å². The summed E-state index contributed by atoms with van der Waals surface area (Å²) in [6, 6.07) is 11.9.